The summed E-state index contributed by atoms with van der Waals surface area (Å²) in [5.74, 6) is -4.43. The summed E-state index contributed by atoms with van der Waals surface area (Å²) in [5, 5.41) is 11.2. The van der Waals surface area contributed by atoms with Crippen molar-refractivity contribution in [1.29, 1.82) is 0 Å². The molecule has 0 spiro atoms. The predicted molar refractivity (Wildman–Crippen MR) is 77.3 cm³/mol. The van der Waals surface area contributed by atoms with Crippen LogP contribution in [0.5, 0.6) is 0 Å². The number of carboxylic acid groups (broad SMARTS) is 1. The van der Waals surface area contributed by atoms with Gasteiger partial charge in [0.2, 0.25) is 5.91 Å². The molecule has 0 radical (unpaired) electrons. The summed E-state index contributed by atoms with van der Waals surface area (Å²) in [6.45, 7) is -0.301. The molecule has 0 aromatic heterocycles. The first-order valence-corrected chi connectivity index (χ1v) is 7.14. The first-order valence-electron chi connectivity index (χ1n) is 7.14. The normalized spacial score (nSPS) is 20.4. The van der Waals surface area contributed by atoms with E-state index in [1.165, 1.54) is 0 Å². The second-order valence-corrected chi connectivity index (χ2v) is 5.74. The quantitative estimate of drug-likeness (QED) is 0.808. The predicted octanol–water partition coefficient (Wildman–Crippen LogP) is 2.26. The summed E-state index contributed by atoms with van der Waals surface area (Å²) in [4.78, 5) is 35.0. The van der Waals surface area contributed by atoms with Crippen molar-refractivity contribution in [3.05, 3.63) is 29.6 Å². The number of nitrogens with one attached hydrogen (secondary N) is 1. The fraction of sp³-hybridized carbons (Fsp3) is 0.400. The number of alkyl halides is 3. The van der Waals surface area contributed by atoms with Crippen LogP contribution in [0.3, 0.4) is 0 Å². The maximum atomic E-state index is 13.9. The van der Waals surface area contributed by atoms with Gasteiger partial charge in [0.15, 0.2) is 5.41 Å². The highest BCUT2D eigenvalue weighted by atomic mass is 19.4. The summed E-state index contributed by atoms with van der Waals surface area (Å²) < 4.78 is 53.2. The number of benzene rings is 1. The molecule has 136 valence electrons. The Labute approximate surface area is 139 Å². The average Bonchev–Trinajstić information content (AvgIpc) is 2.94. The van der Waals surface area contributed by atoms with E-state index >= 15 is 0 Å². The zero-order valence-corrected chi connectivity index (χ0v) is 13.0. The van der Waals surface area contributed by atoms with Crippen LogP contribution in [-0.4, -0.2) is 47.1 Å². The Morgan fingerprint density at radius 1 is 1.28 bits per heavy atom. The van der Waals surface area contributed by atoms with Gasteiger partial charge in [0.05, 0.1) is 5.69 Å². The molecule has 1 saturated heterocycles. The number of halogens is 4. The van der Waals surface area contributed by atoms with E-state index in [2.05, 4.69) is 5.32 Å². The number of aliphatic carboxylic acids is 1. The van der Waals surface area contributed by atoms with Crippen LogP contribution in [0.4, 0.5) is 23.2 Å². The van der Waals surface area contributed by atoms with Gasteiger partial charge in [-0.1, -0.05) is 0 Å². The second kappa shape index (κ2) is 6.34. The van der Waals surface area contributed by atoms with Crippen molar-refractivity contribution in [2.45, 2.75) is 19.5 Å². The molecule has 1 aliphatic rings. The highest BCUT2D eigenvalue weighted by molar-refractivity contribution is 5.96. The molecule has 1 fully saturated rings. The molecule has 1 heterocycles. The van der Waals surface area contributed by atoms with Crippen LogP contribution in [0, 0.1) is 11.2 Å². The number of hydrogen-bond acceptors (Lipinski definition) is 3. The van der Waals surface area contributed by atoms with Gasteiger partial charge >= 0.3 is 12.1 Å². The summed E-state index contributed by atoms with van der Waals surface area (Å²) in [5.41, 5.74) is -3.45. The van der Waals surface area contributed by atoms with Crippen LogP contribution in [0.2, 0.25) is 0 Å². The first kappa shape index (κ1) is 18.7. The Morgan fingerprint density at radius 2 is 1.92 bits per heavy atom. The van der Waals surface area contributed by atoms with Gasteiger partial charge in [-0.25, -0.2) is 4.39 Å². The van der Waals surface area contributed by atoms with E-state index < -0.39 is 54.7 Å². The average molecular weight is 362 g/mol. The molecule has 10 heteroatoms. The number of carbonyl (C=O) groups excluding carboxylic acids is 2. The van der Waals surface area contributed by atoms with E-state index in [1.54, 1.807) is 0 Å². The minimum atomic E-state index is -5.02. The number of likely N-dealkylation sites (tertiary alicyclic amines) is 1. The largest absolute Gasteiger partial charge is 0.481 e. The van der Waals surface area contributed by atoms with Gasteiger partial charge < -0.3 is 15.3 Å². The molecule has 0 aliphatic carbocycles. The molecule has 1 aromatic carbocycles. The second-order valence-electron chi connectivity index (χ2n) is 5.74. The van der Waals surface area contributed by atoms with Crippen molar-refractivity contribution in [3.63, 3.8) is 0 Å². The molecule has 0 saturated carbocycles. The van der Waals surface area contributed by atoms with Gasteiger partial charge in [-0.3, -0.25) is 14.4 Å². The summed E-state index contributed by atoms with van der Waals surface area (Å²) in [6.07, 6.45) is -5.79. The number of amides is 2. The maximum Gasteiger partial charge on any atom is 0.406 e. The van der Waals surface area contributed by atoms with E-state index in [1.807, 2.05) is 0 Å². The molecular weight excluding hydrogens is 348 g/mol. The van der Waals surface area contributed by atoms with E-state index in [-0.39, 0.29) is 11.3 Å². The molecular formula is C15H14F4N2O4. The lowest BCUT2D eigenvalue weighted by molar-refractivity contribution is -0.227. The minimum absolute atomic E-state index is 0.180. The molecule has 6 nitrogen and oxygen atoms in total. The van der Waals surface area contributed by atoms with Gasteiger partial charge in [-0.15, -0.1) is 0 Å². The standard InChI is InChI=1S/C15H14F4N2O4/c1-8(22)20-11-3-2-9(6-10(11)16)12(23)21-5-4-14(7-21,13(24)25)15(17,18)19/h2-3,6H,4-5,7H2,1H3,(H,20,22)(H,24,25). The summed E-state index contributed by atoms with van der Waals surface area (Å²) in [6, 6.07) is 3.03. The van der Waals surface area contributed by atoms with Crippen molar-refractivity contribution in [3.8, 4) is 0 Å². The lowest BCUT2D eigenvalue weighted by Gasteiger charge is -2.27. The van der Waals surface area contributed by atoms with E-state index in [0.717, 1.165) is 30.0 Å². The molecule has 1 unspecified atom stereocenters. The van der Waals surface area contributed by atoms with Crippen LogP contribution in [0.1, 0.15) is 23.7 Å². The van der Waals surface area contributed by atoms with Crippen molar-refractivity contribution >= 4 is 23.5 Å². The molecule has 1 aliphatic heterocycles. The van der Waals surface area contributed by atoms with E-state index in [0.29, 0.717) is 0 Å². The Hall–Kier alpha value is -2.65. The summed E-state index contributed by atoms with van der Waals surface area (Å²) in [7, 11) is 0. The Balaban J connectivity index is 2.24. The van der Waals surface area contributed by atoms with E-state index in [4.69, 9.17) is 5.11 Å². The fourth-order valence-electron chi connectivity index (χ4n) is 2.63. The van der Waals surface area contributed by atoms with Crippen LogP contribution in [-0.2, 0) is 9.59 Å². The van der Waals surface area contributed by atoms with Crippen molar-refractivity contribution in [1.82, 2.24) is 4.90 Å². The third-order valence-electron chi connectivity index (χ3n) is 4.04. The smallest absolute Gasteiger partial charge is 0.406 e. The van der Waals surface area contributed by atoms with E-state index in [9.17, 15) is 31.9 Å². The minimum Gasteiger partial charge on any atom is -0.481 e. The summed E-state index contributed by atoms with van der Waals surface area (Å²) >= 11 is 0. The number of rotatable bonds is 3. The Morgan fingerprint density at radius 3 is 2.36 bits per heavy atom. The molecule has 2 N–H and O–H groups in total. The third kappa shape index (κ3) is 3.42. The molecule has 0 bridgehead atoms. The van der Waals surface area contributed by atoms with Crippen molar-refractivity contribution in [2.24, 2.45) is 5.41 Å². The lowest BCUT2D eigenvalue weighted by Crippen LogP contribution is -2.47. The van der Waals surface area contributed by atoms with Gasteiger partial charge in [0.1, 0.15) is 5.82 Å². The topological polar surface area (TPSA) is 86.7 Å². The SMILES string of the molecule is CC(=O)Nc1ccc(C(=O)N2CCC(C(=O)O)(C(F)(F)F)C2)cc1F. The third-order valence-corrected chi connectivity index (χ3v) is 4.04. The van der Waals surface area contributed by atoms with Gasteiger partial charge in [0.25, 0.3) is 5.91 Å². The van der Waals surface area contributed by atoms with Gasteiger partial charge in [0, 0.05) is 25.6 Å². The monoisotopic (exact) mass is 362 g/mol. The number of nitrogens with zero attached hydrogens (tertiary/aromatic N) is 1. The lowest BCUT2D eigenvalue weighted by atomic mass is 9.86. The van der Waals surface area contributed by atoms with Gasteiger partial charge in [-0.05, 0) is 24.6 Å². The number of hydrogen-bond donors (Lipinski definition) is 2. The van der Waals surface area contributed by atoms with Crippen molar-refractivity contribution < 1.29 is 37.1 Å². The highest BCUT2D eigenvalue weighted by Crippen LogP contribution is 2.46. The molecule has 1 aromatic rings. The van der Waals surface area contributed by atoms with Gasteiger partial charge in [-0.2, -0.15) is 13.2 Å². The van der Waals surface area contributed by atoms with Crippen LogP contribution >= 0.6 is 0 Å². The number of carboxylic acids is 1. The molecule has 2 amide bonds. The number of anilines is 1. The maximum absolute atomic E-state index is 13.9. The molecule has 25 heavy (non-hydrogen) atoms. The zero-order valence-electron chi connectivity index (χ0n) is 13.0. The Bertz CT molecular complexity index is 735. The van der Waals surface area contributed by atoms with Crippen LogP contribution in [0.15, 0.2) is 18.2 Å². The van der Waals surface area contributed by atoms with Crippen LogP contribution in [0.25, 0.3) is 0 Å². The molecule has 1 atom stereocenters. The highest BCUT2D eigenvalue weighted by Gasteiger charge is 2.64. The zero-order chi connectivity index (χ0) is 19.0. The van der Waals surface area contributed by atoms with Crippen molar-refractivity contribution in [2.75, 3.05) is 18.4 Å². The van der Waals surface area contributed by atoms with Crippen LogP contribution < -0.4 is 5.32 Å². The fourth-order valence-corrected chi connectivity index (χ4v) is 2.63. The Kier molecular flexibility index (Phi) is 4.74. The molecule has 2 rings (SSSR count). The number of carbonyl (C=O) groups is 3. The first-order chi connectivity index (χ1) is 11.5.